The van der Waals surface area contributed by atoms with Crippen LogP contribution in [0.3, 0.4) is 0 Å². The molecule has 8 nitrogen and oxygen atoms in total. The standard InChI is InChI=1S/C26H17N3O5/c30-23(17-5-3-6-19(15-17)28-24(31)22-9-4-14-33-22)27-18-12-10-16(11-13-18)25-29-21-8-2-1-7-20(21)26(32)34-25/h1-15H,(H,27,30)(H,28,31). The van der Waals surface area contributed by atoms with Gasteiger partial charge in [-0.2, -0.15) is 0 Å². The normalized spacial score (nSPS) is 10.7. The molecule has 2 amide bonds. The summed E-state index contributed by atoms with van der Waals surface area (Å²) in [6.45, 7) is 0. The molecular formula is C26H17N3O5. The van der Waals surface area contributed by atoms with Crippen LogP contribution in [0, 0.1) is 0 Å². The third-order valence-corrected chi connectivity index (χ3v) is 5.05. The van der Waals surface area contributed by atoms with E-state index >= 15 is 0 Å². The SMILES string of the molecule is O=C(Nc1ccc(-c2nc3ccccc3c(=O)o2)cc1)c1cccc(NC(=O)c2ccco2)c1. The molecule has 2 aromatic heterocycles. The van der Waals surface area contributed by atoms with Crippen molar-refractivity contribution in [2.45, 2.75) is 0 Å². The Morgan fingerprint density at radius 2 is 1.56 bits per heavy atom. The number of aromatic nitrogens is 1. The van der Waals surface area contributed by atoms with Gasteiger partial charge in [0.1, 0.15) is 0 Å². The number of hydrogen-bond acceptors (Lipinski definition) is 6. The number of nitrogens with one attached hydrogen (secondary N) is 2. The predicted octanol–water partition coefficient (Wildman–Crippen LogP) is 4.95. The van der Waals surface area contributed by atoms with Crippen molar-refractivity contribution in [1.29, 1.82) is 0 Å². The van der Waals surface area contributed by atoms with Crippen LogP contribution in [0.15, 0.2) is 105 Å². The summed E-state index contributed by atoms with van der Waals surface area (Å²) in [5, 5.41) is 5.91. The van der Waals surface area contributed by atoms with Gasteiger partial charge in [0.05, 0.1) is 17.2 Å². The van der Waals surface area contributed by atoms with Crippen molar-refractivity contribution in [3.8, 4) is 11.5 Å². The van der Waals surface area contributed by atoms with Crippen molar-refractivity contribution in [1.82, 2.24) is 4.98 Å². The molecule has 0 saturated carbocycles. The molecule has 0 unspecified atom stereocenters. The molecule has 5 rings (SSSR count). The summed E-state index contributed by atoms with van der Waals surface area (Å²) in [6, 6.07) is 23.5. The fourth-order valence-electron chi connectivity index (χ4n) is 3.38. The molecule has 0 aliphatic carbocycles. The Bertz CT molecular complexity index is 1550. The van der Waals surface area contributed by atoms with Gasteiger partial charge in [0.15, 0.2) is 5.76 Å². The fourth-order valence-corrected chi connectivity index (χ4v) is 3.38. The van der Waals surface area contributed by atoms with E-state index in [1.807, 2.05) is 0 Å². The molecule has 166 valence electrons. The number of carbonyl (C=O) groups is 2. The summed E-state index contributed by atoms with van der Waals surface area (Å²) in [4.78, 5) is 41.5. The van der Waals surface area contributed by atoms with E-state index in [0.29, 0.717) is 33.4 Å². The van der Waals surface area contributed by atoms with Crippen molar-refractivity contribution in [2.75, 3.05) is 10.6 Å². The van der Waals surface area contributed by atoms with Crippen LogP contribution in [-0.4, -0.2) is 16.8 Å². The van der Waals surface area contributed by atoms with Gasteiger partial charge in [-0.1, -0.05) is 18.2 Å². The van der Waals surface area contributed by atoms with Crippen molar-refractivity contribution < 1.29 is 18.4 Å². The monoisotopic (exact) mass is 451 g/mol. The number of hydrogen-bond donors (Lipinski definition) is 2. The van der Waals surface area contributed by atoms with Gasteiger partial charge < -0.3 is 19.5 Å². The summed E-state index contributed by atoms with van der Waals surface area (Å²) < 4.78 is 10.4. The molecule has 0 aliphatic heterocycles. The minimum Gasteiger partial charge on any atom is -0.459 e. The van der Waals surface area contributed by atoms with Crippen molar-refractivity contribution in [3.63, 3.8) is 0 Å². The summed E-state index contributed by atoms with van der Waals surface area (Å²) in [5.41, 5.74) is 2.05. The number of nitrogens with zero attached hydrogens (tertiary/aromatic N) is 1. The zero-order valence-electron chi connectivity index (χ0n) is 17.6. The van der Waals surface area contributed by atoms with Crippen LogP contribution in [0.5, 0.6) is 0 Å². The molecule has 0 aliphatic rings. The first-order valence-electron chi connectivity index (χ1n) is 10.3. The van der Waals surface area contributed by atoms with E-state index in [2.05, 4.69) is 15.6 Å². The quantitative estimate of drug-likeness (QED) is 0.391. The zero-order chi connectivity index (χ0) is 23.5. The lowest BCUT2D eigenvalue weighted by Crippen LogP contribution is -2.14. The number of para-hydroxylation sites is 1. The smallest absolute Gasteiger partial charge is 0.347 e. The van der Waals surface area contributed by atoms with Crippen LogP contribution >= 0.6 is 0 Å². The molecule has 2 heterocycles. The van der Waals surface area contributed by atoms with Crippen LogP contribution in [0.2, 0.25) is 0 Å². The average molecular weight is 451 g/mol. The van der Waals surface area contributed by atoms with Crippen molar-refractivity contribution in [2.24, 2.45) is 0 Å². The van der Waals surface area contributed by atoms with Gasteiger partial charge in [0, 0.05) is 22.5 Å². The Balaban J connectivity index is 1.30. The van der Waals surface area contributed by atoms with Crippen LogP contribution in [0.1, 0.15) is 20.9 Å². The number of amides is 2. The third kappa shape index (κ3) is 4.33. The number of furan rings is 1. The van der Waals surface area contributed by atoms with Crippen molar-refractivity contribution in [3.05, 3.63) is 113 Å². The summed E-state index contributed by atoms with van der Waals surface area (Å²) in [6.07, 6.45) is 1.41. The van der Waals surface area contributed by atoms with E-state index in [9.17, 15) is 14.4 Å². The molecule has 0 bridgehead atoms. The van der Waals surface area contributed by atoms with Crippen LogP contribution in [-0.2, 0) is 0 Å². The van der Waals surface area contributed by atoms with Gasteiger partial charge >= 0.3 is 5.63 Å². The highest BCUT2D eigenvalue weighted by Gasteiger charge is 2.12. The maximum atomic E-state index is 12.7. The highest BCUT2D eigenvalue weighted by molar-refractivity contribution is 6.06. The van der Waals surface area contributed by atoms with Gasteiger partial charge in [0.2, 0.25) is 5.89 Å². The van der Waals surface area contributed by atoms with Gasteiger partial charge in [-0.15, -0.1) is 0 Å². The highest BCUT2D eigenvalue weighted by Crippen LogP contribution is 2.21. The Hall–Kier alpha value is -4.98. The van der Waals surface area contributed by atoms with E-state index in [0.717, 1.165) is 0 Å². The summed E-state index contributed by atoms with van der Waals surface area (Å²) in [7, 11) is 0. The molecule has 0 saturated heterocycles. The van der Waals surface area contributed by atoms with E-state index in [4.69, 9.17) is 8.83 Å². The van der Waals surface area contributed by atoms with E-state index in [1.165, 1.54) is 6.26 Å². The molecule has 3 aromatic carbocycles. The molecular weight excluding hydrogens is 434 g/mol. The molecule has 8 heteroatoms. The van der Waals surface area contributed by atoms with E-state index in [-0.39, 0.29) is 17.6 Å². The Labute approximate surface area is 192 Å². The first kappa shape index (κ1) is 20.9. The van der Waals surface area contributed by atoms with E-state index < -0.39 is 11.5 Å². The first-order chi connectivity index (χ1) is 16.6. The largest absolute Gasteiger partial charge is 0.459 e. The number of rotatable bonds is 5. The van der Waals surface area contributed by atoms with Gasteiger partial charge in [-0.25, -0.2) is 9.78 Å². The summed E-state index contributed by atoms with van der Waals surface area (Å²) in [5.74, 6) is -0.391. The maximum Gasteiger partial charge on any atom is 0.347 e. The third-order valence-electron chi connectivity index (χ3n) is 5.05. The van der Waals surface area contributed by atoms with Crippen LogP contribution < -0.4 is 16.3 Å². The first-order valence-corrected chi connectivity index (χ1v) is 10.3. The second-order valence-corrected chi connectivity index (χ2v) is 7.37. The van der Waals surface area contributed by atoms with Crippen LogP contribution in [0.25, 0.3) is 22.4 Å². The lowest BCUT2D eigenvalue weighted by atomic mass is 10.1. The minimum absolute atomic E-state index is 0.173. The Morgan fingerprint density at radius 3 is 2.35 bits per heavy atom. The molecule has 0 spiro atoms. The van der Waals surface area contributed by atoms with Crippen LogP contribution in [0.4, 0.5) is 11.4 Å². The average Bonchev–Trinajstić information content (AvgIpc) is 3.40. The second kappa shape index (κ2) is 8.87. The molecule has 0 radical (unpaired) electrons. The molecule has 0 atom stereocenters. The minimum atomic E-state index is -0.461. The number of anilines is 2. The maximum absolute atomic E-state index is 12.7. The molecule has 34 heavy (non-hydrogen) atoms. The number of fused-ring (bicyclic) bond motifs is 1. The highest BCUT2D eigenvalue weighted by atomic mass is 16.4. The number of benzene rings is 3. The number of carbonyl (C=O) groups excluding carboxylic acids is 2. The van der Waals surface area contributed by atoms with E-state index in [1.54, 1.807) is 84.9 Å². The molecule has 5 aromatic rings. The van der Waals surface area contributed by atoms with Gasteiger partial charge in [-0.05, 0) is 66.7 Å². The fraction of sp³-hybridized carbons (Fsp3) is 0. The lowest BCUT2D eigenvalue weighted by Gasteiger charge is -2.08. The van der Waals surface area contributed by atoms with Gasteiger partial charge in [-0.3, -0.25) is 9.59 Å². The Kier molecular flexibility index (Phi) is 5.45. The predicted molar refractivity (Wildman–Crippen MR) is 127 cm³/mol. The lowest BCUT2D eigenvalue weighted by molar-refractivity contribution is 0.0993. The van der Waals surface area contributed by atoms with Crippen molar-refractivity contribution >= 4 is 34.1 Å². The topological polar surface area (TPSA) is 114 Å². The van der Waals surface area contributed by atoms with Gasteiger partial charge in [0.25, 0.3) is 11.8 Å². The second-order valence-electron chi connectivity index (χ2n) is 7.37. The zero-order valence-corrected chi connectivity index (χ0v) is 17.6. The Morgan fingerprint density at radius 1 is 0.765 bits per heavy atom. The molecule has 0 fully saturated rings. The summed E-state index contributed by atoms with van der Waals surface area (Å²) >= 11 is 0. The molecule has 2 N–H and O–H groups in total.